The van der Waals surface area contributed by atoms with Gasteiger partial charge in [-0.2, -0.15) is 0 Å². The number of rotatable bonds is 7. The van der Waals surface area contributed by atoms with Crippen molar-refractivity contribution in [2.24, 2.45) is 7.05 Å². The highest BCUT2D eigenvalue weighted by atomic mass is 35.5. The summed E-state index contributed by atoms with van der Waals surface area (Å²) >= 11 is 1.66. The Kier molecular flexibility index (Phi) is 7.58. The number of benzene rings is 1. The lowest BCUT2D eigenvalue weighted by atomic mass is 10.1. The van der Waals surface area contributed by atoms with Gasteiger partial charge in [-0.15, -0.1) is 5.10 Å². The number of hydrogen-bond donors (Lipinski definition) is 1. The van der Waals surface area contributed by atoms with Gasteiger partial charge < -0.3 is 17.7 Å². The number of halogens is 1. The zero-order chi connectivity index (χ0) is 13.5. The van der Waals surface area contributed by atoms with Crippen LogP contribution in [-0.4, -0.2) is 32.5 Å². The third kappa shape index (κ3) is 5.11. The molecule has 5 nitrogen and oxygen atoms in total. The molecule has 0 bridgehead atoms. The maximum atomic E-state index is 3.93. The Morgan fingerprint density at radius 1 is 1.20 bits per heavy atom. The Labute approximate surface area is 129 Å². The lowest BCUT2D eigenvalue weighted by Crippen LogP contribution is -3.00. The van der Waals surface area contributed by atoms with Crippen LogP contribution in [0.25, 0.3) is 0 Å². The van der Waals surface area contributed by atoms with Gasteiger partial charge in [0.25, 0.3) is 0 Å². The predicted molar refractivity (Wildman–Crippen MR) is 77.0 cm³/mol. The minimum atomic E-state index is 0. The molecule has 0 fully saturated rings. The lowest BCUT2D eigenvalue weighted by Gasteiger charge is -2.05. The van der Waals surface area contributed by atoms with E-state index in [1.807, 2.05) is 7.05 Å². The largest absolute Gasteiger partial charge is 1.00 e. The summed E-state index contributed by atoms with van der Waals surface area (Å²) < 4.78 is 1.69. The van der Waals surface area contributed by atoms with Crippen molar-refractivity contribution < 1.29 is 12.4 Å². The fourth-order valence-electron chi connectivity index (χ4n) is 1.68. The summed E-state index contributed by atoms with van der Waals surface area (Å²) in [6.07, 6.45) is 1.09. The van der Waals surface area contributed by atoms with E-state index in [0.717, 1.165) is 30.4 Å². The first-order valence-corrected chi connectivity index (χ1v) is 7.42. The molecule has 0 saturated carbocycles. The highest BCUT2D eigenvalue weighted by molar-refractivity contribution is 7.99. The predicted octanol–water partition coefficient (Wildman–Crippen LogP) is -1.34. The molecule has 0 aliphatic rings. The van der Waals surface area contributed by atoms with Crippen molar-refractivity contribution in [1.82, 2.24) is 25.5 Å². The van der Waals surface area contributed by atoms with Gasteiger partial charge in [-0.25, -0.2) is 4.68 Å². The number of nitrogens with one attached hydrogen (secondary N) is 1. The van der Waals surface area contributed by atoms with Crippen LogP contribution in [0.1, 0.15) is 18.1 Å². The highest BCUT2D eigenvalue weighted by Crippen LogP contribution is 2.11. The standard InChI is InChI=1S/C13H19N5S.ClH/c1-3-11-4-6-12(7-5-11)10-14-8-9-19-13-15-16-17-18(13)2;/h4-7,14H,3,8-10H2,1-2H3;1H/p-1. The van der Waals surface area contributed by atoms with Crippen LogP contribution >= 0.6 is 11.8 Å². The second-order valence-electron chi connectivity index (χ2n) is 4.28. The summed E-state index contributed by atoms with van der Waals surface area (Å²) in [7, 11) is 1.85. The van der Waals surface area contributed by atoms with Crippen LogP contribution in [0.2, 0.25) is 0 Å². The van der Waals surface area contributed by atoms with Gasteiger partial charge in [0.15, 0.2) is 0 Å². The molecular weight excluding hydrogens is 294 g/mol. The first kappa shape index (κ1) is 16.9. The van der Waals surface area contributed by atoms with E-state index in [1.54, 1.807) is 16.4 Å². The summed E-state index contributed by atoms with van der Waals surface area (Å²) in [4.78, 5) is 0. The minimum absolute atomic E-state index is 0. The molecule has 1 aromatic heterocycles. The highest BCUT2D eigenvalue weighted by Gasteiger charge is 2.01. The van der Waals surface area contributed by atoms with Crippen LogP contribution in [0.5, 0.6) is 0 Å². The first-order chi connectivity index (χ1) is 9.29. The van der Waals surface area contributed by atoms with Crippen LogP contribution in [-0.2, 0) is 20.0 Å². The van der Waals surface area contributed by atoms with Crippen LogP contribution in [0.4, 0.5) is 0 Å². The molecule has 0 aliphatic carbocycles. The van der Waals surface area contributed by atoms with E-state index >= 15 is 0 Å². The average molecular weight is 313 g/mol. The van der Waals surface area contributed by atoms with Crippen LogP contribution in [0, 0.1) is 0 Å². The normalized spacial score (nSPS) is 10.3. The Bertz CT molecular complexity index is 500. The molecule has 0 amide bonds. The van der Waals surface area contributed by atoms with Crippen LogP contribution in [0.3, 0.4) is 0 Å². The average Bonchev–Trinajstić information content (AvgIpc) is 2.85. The molecule has 0 saturated heterocycles. The SMILES string of the molecule is CCc1ccc(CNCCSc2nnnn2C)cc1.[Cl-]. The first-order valence-electron chi connectivity index (χ1n) is 6.43. The molecule has 110 valence electrons. The zero-order valence-corrected chi connectivity index (χ0v) is 13.3. The number of tetrazole rings is 1. The Hall–Kier alpha value is -1.11. The molecule has 0 atom stereocenters. The molecule has 0 aliphatic heterocycles. The van der Waals surface area contributed by atoms with Crippen molar-refractivity contribution in [2.75, 3.05) is 12.3 Å². The molecule has 2 rings (SSSR count). The summed E-state index contributed by atoms with van der Waals surface area (Å²) in [6, 6.07) is 8.76. The summed E-state index contributed by atoms with van der Waals surface area (Å²) in [6.45, 7) is 4.01. The van der Waals surface area contributed by atoms with Crippen molar-refractivity contribution >= 4 is 11.8 Å². The Morgan fingerprint density at radius 3 is 2.50 bits per heavy atom. The van der Waals surface area contributed by atoms with E-state index < -0.39 is 0 Å². The molecule has 1 N–H and O–H groups in total. The lowest BCUT2D eigenvalue weighted by molar-refractivity contribution is -0.00000420. The molecule has 1 aromatic carbocycles. The van der Waals surface area contributed by atoms with Gasteiger partial charge in [-0.3, -0.25) is 0 Å². The van der Waals surface area contributed by atoms with E-state index in [0.29, 0.717) is 0 Å². The van der Waals surface area contributed by atoms with Crippen molar-refractivity contribution in [3.63, 3.8) is 0 Å². The summed E-state index contributed by atoms with van der Waals surface area (Å²) in [5.41, 5.74) is 2.71. The number of hydrogen-bond acceptors (Lipinski definition) is 5. The Morgan fingerprint density at radius 2 is 1.90 bits per heavy atom. The molecule has 2 aromatic rings. The van der Waals surface area contributed by atoms with E-state index in [2.05, 4.69) is 52.0 Å². The van der Waals surface area contributed by atoms with E-state index in [1.165, 1.54) is 11.1 Å². The molecular formula is C13H19ClN5S-. The van der Waals surface area contributed by atoms with Gasteiger partial charge in [0.05, 0.1) is 0 Å². The monoisotopic (exact) mass is 312 g/mol. The second-order valence-corrected chi connectivity index (χ2v) is 5.34. The van der Waals surface area contributed by atoms with Gasteiger partial charge in [-0.1, -0.05) is 43.0 Å². The third-order valence-electron chi connectivity index (χ3n) is 2.85. The summed E-state index contributed by atoms with van der Waals surface area (Å²) in [5.74, 6) is 0.960. The van der Waals surface area contributed by atoms with Crippen molar-refractivity contribution in [1.29, 1.82) is 0 Å². The molecule has 0 radical (unpaired) electrons. The molecule has 1 heterocycles. The van der Waals surface area contributed by atoms with Crippen molar-refractivity contribution in [3.8, 4) is 0 Å². The topological polar surface area (TPSA) is 55.6 Å². The van der Waals surface area contributed by atoms with E-state index in [9.17, 15) is 0 Å². The minimum Gasteiger partial charge on any atom is -1.00 e. The van der Waals surface area contributed by atoms with E-state index in [-0.39, 0.29) is 12.4 Å². The second kappa shape index (κ2) is 8.94. The Balaban J connectivity index is 0.00000200. The number of nitrogens with zero attached hydrogens (tertiary/aromatic N) is 4. The molecule has 0 spiro atoms. The van der Waals surface area contributed by atoms with Gasteiger partial charge >= 0.3 is 0 Å². The summed E-state index contributed by atoms with van der Waals surface area (Å²) in [5, 5.41) is 15.6. The van der Waals surface area contributed by atoms with Crippen LogP contribution < -0.4 is 17.7 Å². The van der Waals surface area contributed by atoms with Gasteiger partial charge in [0.2, 0.25) is 5.16 Å². The fourth-order valence-corrected chi connectivity index (χ4v) is 2.43. The van der Waals surface area contributed by atoms with E-state index in [4.69, 9.17) is 0 Å². The van der Waals surface area contributed by atoms with Crippen LogP contribution in [0.15, 0.2) is 29.4 Å². The van der Waals surface area contributed by atoms with Crippen molar-refractivity contribution in [3.05, 3.63) is 35.4 Å². The third-order valence-corrected chi connectivity index (χ3v) is 3.86. The quantitative estimate of drug-likeness (QED) is 0.506. The maximum Gasteiger partial charge on any atom is 0.209 e. The van der Waals surface area contributed by atoms with Crippen molar-refractivity contribution in [2.45, 2.75) is 25.0 Å². The number of aromatic nitrogens is 4. The fraction of sp³-hybridized carbons (Fsp3) is 0.462. The zero-order valence-electron chi connectivity index (χ0n) is 11.7. The smallest absolute Gasteiger partial charge is 0.209 e. The number of thioether (sulfide) groups is 1. The molecule has 7 heteroatoms. The molecule has 20 heavy (non-hydrogen) atoms. The molecule has 0 unspecified atom stereocenters. The van der Waals surface area contributed by atoms with Gasteiger partial charge in [0.1, 0.15) is 0 Å². The number of aryl methyl sites for hydroxylation is 2. The van der Waals surface area contributed by atoms with Gasteiger partial charge in [-0.05, 0) is 28.0 Å². The van der Waals surface area contributed by atoms with Gasteiger partial charge in [0, 0.05) is 25.9 Å². The maximum absolute atomic E-state index is 3.93.